The van der Waals surface area contributed by atoms with Crippen LogP contribution in [0.15, 0.2) is 4.99 Å². The second-order valence-electron chi connectivity index (χ2n) is 6.31. The zero-order valence-corrected chi connectivity index (χ0v) is 13.7. The minimum Gasteiger partial charge on any atom is -0.370 e. The summed E-state index contributed by atoms with van der Waals surface area (Å²) < 4.78 is 0. The fraction of sp³-hybridized carbons (Fsp3) is 0.929. The Hall–Kier alpha value is 0. The van der Waals surface area contributed by atoms with Gasteiger partial charge in [0.1, 0.15) is 0 Å². The first-order valence-electron chi connectivity index (χ1n) is 7.27. The lowest BCUT2D eigenvalue weighted by atomic mass is 9.86. The molecule has 104 valence electrons. The lowest BCUT2D eigenvalue weighted by molar-refractivity contribution is 0.318. The molecule has 0 radical (unpaired) electrons. The average molecular weight is 363 g/mol. The van der Waals surface area contributed by atoms with Gasteiger partial charge in [0.25, 0.3) is 0 Å². The topological polar surface area (TPSA) is 41.6 Å². The van der Waals surface area contributed by atoms with E-state index in [-0.39, 0.29) is 24.0 Å². The van der Waals surface area contributed by atoms with E-state index in [0.29, 0.717) is 6.04 Å². The first kappa shape index (κ1) is 14.4. The van der Waals surface area contributed by atoms with Crippen LogP contribution in [-0.4, -0.2) is 30.5 Å². The van der Waals surface area contributed by atoms with Gasteiger partial charge in [-0.05, 0) is 56.3 Å². The Balaban J connectivity index is 0.00000120. The first-order chi connectivity index (χ1) is 8.24. The van der Waals surface area contributed by atoms with Gasteiger partial charge in [0.15, 0.2) is 5.96 Å². The highest BCUT2D eigenvalue weighted by molar-refractivity contribution is 14.0. The molecule has 0 heterocycles. The molecule has 0 aromatic heterocycles. The highest BCUT2D eigenvalue weighted by Gasteiger charge is 2.38. The Morgan fingerprint density at radius 3 is 2.56 bits per heavy atom. The molecule has 3 fully saturated rings. The smallest absolute Gasteiger partial charge is 0.191 e. The summed E-state index contributed by atoms with van der Waals surface area (Å²) in [5.74, 6) is 3.80. The SMILES string of the molecule is CN(C(N)=NCCC1CC2CCC1C2)C1CC1.I. The normalized spacial score (nSPS) is 34.5. The number of fused-ring (bicyclic) bond motifs is 2. The zero-order valence-electron chi connectivity index (χ0n) is 11.3. The lowest BCUT2D eigenvalue weighted by Crippen LogP contribution is -2.35. The maximum absolute atomic E-state index is 5.99. The summed E-state index contributed by atoms with van der Waals surface area (Å²) in [5, 5.41) is 0. The van der Waals surface area contributed by atoms with Gasteiger partial charge in [-0.1, -0.05) is 6.42 Å². The molecule has 3 nitrogen and oxygen atoms in total. The van der Waals surface area contributed by atoms with Gasteiger partial charge >= 0.3 is 0 Å². The minimum atomic E-state index is 0. The highest BCUT2D eigenvalue weighted by atomic mass is 127. The maximum Gasteiger partial charge on any atom is 0.191 e. The summed E-state index contributed by atoms with van der Waals surface area (Å²) in [6, 6.07) is 0.682. The Morgan fingerprint density at radius 2 is 2.00 bits per heavy atom. The van der Waals surface area contributed by atoms with Crippen LogP contribution in [-0.2, 0) is 0 Å². The van der Waals surface area contributed by atoms with Gasteiger partial charge in [-0.15, -0.1) is 24.0 Å². The predicted molar refractivity (Wildman–Crippen MR) is 86.2 cm³/mol. The van der Waals surface area contributed by atoms with E-state index in [0.717, 1.165) is 30.3 Å². The number of rotatable bonds is 4. The fourth-order valence-corrected chi connectivity index (χ4v) is 3.84. The standard InChI is InChI=1S/C14H25N3.HI/c1-17(13-4-5-13)14(15)16-7-6-12-9-10-2-3-11(12)8-10;/h10-13H,2-9H2,1H3,(H2,15,16);1H. The third kappa shape index (κ3) is 3.11. The Kier molecular flexibility index (Phi) is 4.78. The third-order valence-corrected chi connectivity index (χ3v) is 5.11. The summed E-state index contributed by atoms with van der Waals surface area (Å²) >= 11 is 0. The number of halogens is 1. The number of nitrogens with two attached hydrogens (primary N) is 1. The van der Waals surface area contributed by atoms with Crippen molar-refractivity contribution in [3.05, 3.63) is 0 Å². The molecule has 3 unspecified atom stereocenters. The molecule has 0 amide bonds. The minimum absolute atomic E-state index is 0. The van der Waals surface area contributed by atoms with Gasteiger partial charge in [0.2, 0.25) is 0 Å². The molecule has 3 aliphatic carbocycles. The largest absolute Gasteiger partial charge is 0.370 e. The van der Waals surface area contributed by atoms with Crippen molar-refractivity contribution in [2.45, 2.75) is 51.0 Å². The molecular formula is C14H26IN3. The van der Waals surface area contributed by atoms with E-state index in [1.165, 1.54) is 44.9 Å². The van der Waals surface area contributed by atoms with E-state index in [9.17, 15) is 0 Å². The van der Waals surface area contributed by atoms with E-state index in [4.69, 9.17) is 5.73 Å². The van der Waals surface area contributed by atoms with Crippen molar-refractivity contribution < 1.29 is 0 Å². The van der Waals surface area contributed by atoms with E-state index in [2.05, 4.69) is 16.9 Å². The molecule has 2 N–H and O–H groups in total. The van der Waals surface area contributed by atoms with Crippen LogP contribution in [0.25, 0.3) is 0 Å². The number of hydrogen-bond acceptors (Lipinski definition) is 1. The molecule has 0 spiro atoms. The molecule has 3 rings (SSSR count). The molecule has 3 atom stereocenters. The third-order valence-electron chi connectivity index (χ3n) is 5.11. The van der Waals surface area contributed by atoms with Gasteiger partial charge in [-0.3, -0.25) is 4.99 Å². The average Bonchev–Trinajstić information content (AvgIpc) is 2.98. The maximum atomic E-state index is 5.99. The molecule has 4 heteroatoms. The molecule has 0 aliphatic heterocycles. The van der Waals surface area contributed by atoms with Crippen molar-refractivity contribution in [3.63, 3.8) is 0 Å². The van der Waals surface area contributed by atoms with Gasteiger partial charge < -0.3 is 10.6 Å². The van der Waals surface area contributed by atoms with Crippen LogP contribution in [0.2, 0.25) is 0 Å². The van der Waals surface area contributed by atoms with Gasteiger partial charge in [0, 0.05) is 19.6 Å². The molecule has 18 heavy (non-hydrogen) atoms. The van der Waals surface area contributed by atoms with Crippen molar-refractivity contribution in [2.24, 2.45) is 28.5 Å². The van der Waals surface area contributed by atoms with Crippen LogP contribution >= 0.6 is 24.0 Å². The van der Waals surface area contributed by atoms with Crippen LogP contribution in [0.4, 0.5) is 0 Å². The first-order valence-corrected chi connectivity index (χ1v) is 7.27. The van der Waals surface area contributed by atoms with E-state index < -0.39 is 0 Å². The molecular weight excluding hydrogens is 337 g/mol. The van der Waals surface area contributed by atoms with Gasteiger partial charge in [-0.25, -0.2) is 0 Å². The van der Waals surface area contributed by atoms with E-state index >= 15 is 0 Å². The van der Waals surface area contributed by atoms with Crippen LogP contribution in [0.5, 0.6) is 0 Å². The molecule has 3 aliphatic rings. The molecule has 0 aromatic rings. The Labute approximate surface area is 128 Å². The zero-order chi connectivity index (χ0) is 11.8. The summed E-state index contributed by atoms with van der Waals surface area (Å²) in [7, 11) is 2.08. The van der Waals surface area contributed by atoms with Crippen LogP contribution in [0.1, 0.15) is 44.9 Å². The van der Waals surface area contributed by atoms with Crippen molar-refractivity contribution >= 4 is 29.9 Å². The van der Waals surface area contributed by atoms with E-state index in [1.54, 1.807) is 0 Å². The second-order valence-corrected chi connectivity index (χ2v) is 6.31. The predicted octanol–water partition coefficient (Wildman–Crippen LogP) is 2.84. The highest BCUT2D eigenvalue weighted by Crippen LogP contribution is 2.49. The fourth-order valence-electron chi connectivity index (χ4n) is 3.84. The summed E-state index contributed by atoms with van der Waals surface area (Å²) in [6.45, 7) is 0.941. The second kappa shape index (κ2) is 5.97. The van der Waals surface area contributed by atoms with E-state index in [1.807, 2.05) is 0 Å². The van der Waals surface area contributed by atoms with Crippen LogP contribution in [0.3, 0.4) is 0 Å². The number of guanidine groups is 1. The van der Waals surface area contributed by atoms with Crippen LogP contribution in [0, 0.1) is 17.8 Å². The molecule has 3 saturated carbocycles. The monoisotopic (exact) mass is 363 g/mol. The van der Waals surface area contributed by atoms with Crippen molar-refractivity contribution in [1.29, 1.82) is 0 Å². The molecule has 2 bridgehead atoms. The number of nitrogens with zero attached hydrogens (tertiary/aromatic N) is 2. The molecule has 0 aromatic carbocycles. The number of aliphatic imine (C=N–C) groups is 1. The lowest BCUT2D eigenvalue weighted by Gasteiger charge is -2.21. The summed E-state index contributed by atoms with van der Waals surface area (Å²) in [5.41, 5.74) is 5.99. The van der Waals surface area contributed by atoms with Gasteiger partial charge in [-0.2, -0.15) is 0 Å². The Bertz CT molecular complexity index is 314. The van der Waals surface area contributed by atoms with Crippen molar-refractivity contribution in [3.8, 4) is 0 Å². The van der Waals surface area contributed by atoms with Crippen molar-refractivity contribution in [2.75, 3.05) is 13.6 Å². The van der Waals surface area contributed by atoms with Crippen molar-refractivity contribution in [1.82, 2.24) is 4.90 Å². The summed E-state index contributed by atoms with van der Waals surface area (Å²) in [4.78, 5) is 6.71. The summed E-state index contributed by atoms with van der Waals surface area (Å²) in [6.07, 6.45) is 9.80. The quantitative estimate of drug-likeness (QED) is 0.474. The number of hydrogen-bond donors (Lipinski definition) is 1. The Morgan fingerprint density at radius 1 is 1.22 bits per heavy atom. The molecule has 0 saturated heterocycles. The van der Waals surface area contributed by atoms with Crippen LogP contribution < -0.4 is 5.73 Å². The van der Waals surface area contributed by atoms with Gasteiger partial charge in [0.05, 0.1) is 0 Å².